The molecule has 1 unspecified atom stereocenters. The molecule has 0 aromatic heterocycles. The van der Waals surface area contributed by atoms with Gasteiger partial charge in [0, 0.05) is 0 Å². The molecule has 0 aromatic carbocycles. The molecule has 98 valence electrons. The molecule has 1 fully saturated rings. The van der Waals surface area contributed by atoms with E-state index in [1.54, 1.807) is 0 Å². The summed E-state index contributed by atoms with van der Waals surface area (Å²) in [6.45, 7) is 8.03. The van der Waals surface area contributed by atoms with Gasteiger partial charge in [0.15, 0.2) is 0 Å². The monoisotopic (exact) mass is 240 g/mol. The van der Waals surface area contributed by atoms with Crippen LogP contribution in [0.2, 0.25) is 0 Å². The maximum Gasteiger partial charge on any atom is 0.336 e. The van der Waals surface area contributed by atoms with E-state index in [4.69, 9.17) is 4.74 Å². The first-order valence-corrected chi connectivity index (χ1v) is 6.56. The summed E-state index contributed by atoms with van der Waals surface area (Å²) in [5.74, 6) is 0.0400. The van der Waals surface area contributed by atoms with Crippen LogP contribution < -0.4 is 0 Å². The predicted molar refractivity (Wildman–Crippen MR) is 67.5 cm³/mol. The van der Waals surface area contributed by atoms with Crippen molar-refractivity contribution in [3.63, 3.8) is 0 Å². The summed E-state index contributed by atoms with van der Waals surface area (Å²) >= 11 is 0. The van der Waals surface area contributed by atoms with Gasteiger partial charge in [0.2, 0.25) is 0 Å². The molecule has 0 aromatic rings. The van der Waals surface area contributed by atoms with Gasteiger partial charge in [-0.2, -0.15) is 0 Å². The Morgan fingerprint density at radius 1 is 1.35 bits per heavy atom. The van der Waals surface area contributed by atoms with Gasteiger partial charge in [-0.25, -0.2) is 4.79 Å². The van der Waals surface area contributed by atoms with Crippen LogP contribution in [0.1, 0.15) is 46.0 Å². The van der Waals surface area contributed by atoms with Crippen molar-refractivity contribution in [3.8, 4) is 0 Å². The van der Waals surface area contributed by atoms with Crippen molar-refractivity contribution in [2.45, 2.75) is 52.1 Å². The van der Waals surface area contributed by atoms with Crippen LogP contribution in [-0.2, 0) is 9.53 Å². The number of ether oxygens (including phenoxy) is 1. The molecule has 3 nitrogen and oxygen atoms in total. The summed E-state index contributed by atoms with van der Waals surface area (Å²) in [4.78, 5) is 11.6. The number of rotatable bonds is 5. The lowest BCUT2D eigenvalue weighted by molar-refractivity contribution is -0.141. The van der Waals surface area contributed by atoms with Crippen molar-refractivity contribution < 1.29 is 14.6 Å². The molecule has 1 N–H and O–H groups in total. The molecule has 0 saturated heterocycles. The standard InChI is InChI=1S/C14H24O3/c1-10(2)9-17-14(16)11(3)13(15)12-7-5-4-6-8-12/h10,12-13,15H,3-9H2,1-2H3. The molecule has 0 heterocycles. The lowest BCUT2D eigenvalue weighted by Crippen LogP contribution is -2.29. The largest absolute Gasteiger partial charge is 0.462 e. The number of hydrogen-bond acceptors (Lipinski definition) is 3. The number of esters is 1. The second-order valence-electron chi connectivity index (χ2n) is 5.36. The Labute approximate surface area is 104 Å². The number of hydrogen-bond donors (Lipinski definition) is 1. The van der Waals surface area contributed by atoms with Gasteiger partial charge in [0.1, 0.15) is 0 Å². The molecule has 1 atom stereocenters. The van der Waals surface area contributed by atoms with Crippen molar-refractivity contribution in [3.05, 3.63) is 12.2 Å². The molecular formula is C14H24O3. The first-order chi connectivity index (χ1) is 8.02. The van der Waals surface area contributed by atoms with Gasteiger partial charge in [-0.05, 0) is 24.7 Å². The summed E-state index contributed by atoms with van der Waals surface area (Å²) < 4.78 is 5.08. The first kappa shape index (κ1) is 14.2. The van der Waals surface area contributed by atoms with Gasteiger partial charge in [-0.15, -0.1) is 0 Å². The molecule has 0 bridgehead atoms. The van der Waals surface area contributed by atoms with Gasteiger partial charge >= 0.3 is 5.97 Å². The summed E-state index contributed by atoms with van der Waals surface area (Å²) in [7, 11) is 0. The van der Waals surface area contributed by atoms with E-state index in [-0.39, 0.29) is 11.5 Å². The van der Waals surface area contributed by atoms with Crippen LogP contribution in [0.4, 0.5) is 0 Å². The third kappa shape index (κ3) is 4.50. The number of carbonyl (C=O) groups is 1. The van der Waals surface area contributed by atoms with Crippen LogP contribution >= 0.6 is 0 Å². The fourth-order valence-corrected chi connectivity index (χ4v) is 2.19. The summed E-state index contributed by atoms with van der Waals surface area (Å²) in [5, 5.41) is 10.1. The van der Waals surface area contributed by atoms with Crippen molar-refractivity contribution in [2.75, 3.05) is 6.61 Å². The highest BCUT2D eigenvalue weighted by Gasteiger charge is 2.27. The average molecular weight is 240 g/mol. The maximum absolute atomic E-state index is 11.6. The highest BCUT2D eigenvalue weighted by Crippen LogP contribution is 2.29. The molecular weight excluding hydrogens is 216 g/mol. The van der Waals surface area contributed by atoms with E-state index in [1.807, 2.05) is 13.8 Å². The topological polar surface area (TPSA) is 46.5 Å². The minimum Gasteiger partial charge on any atom is -0.462 e. The van der Waals surface area contributed by atoms with E-state index in [9.17, 15) is 9.90 Å². The van der Waals surface area contributed by atoms with Crippen LogP contribution in [0, 0.1) is 11.8 Å². The molecule has 1 rings (SSSR count). The number of aliphatic hydroxyl groups excluding tert-OH is 1. The fourth-order valence-electron chi connectivity index (χ4n) is 2.19. The minimum absolute atomic E-state index is 0.183. The quantitative estimate of drug-likeness (QED) is 0.593. The van der Waals surface area contributed by atoms with E-state index in [0.29, 0.717) is 12.5 Å². The minimum atomic E-state index is -0.727. The Bertz CT molecular complexity index is 265. The lowest BCUT2D eigenvalue weighted by Gasteiger charge is -2.27. The molecule has 17 heavy (non-hydrogen) atoms. The van der Waals surface area contributed by atoms with E-state index in [2.05, 4.69) is 6.58 Å². The van der Waals surface area contributed by atoms with Crippen LogP contribution in [0.3, 0.4) is 0 Å². The van der Waals surface area contributed by atoms with Crippen molar-refractivity contribution >= 4 is 5.97 Å². The smallest absolute Gasteiger partial charge is 0.336 e. The summed E-state index contributed by atoms with van der Waals surface area (Å²) in [6, 6.07) is 0. The zero-order chi connectivity index (χ0) is 12.8. The Morgan fingerprint density at radius 2 is 1.94 bits per heavy atom. The molecule has 0 spiro atoms. The number of carbonyl (C=O) groups excluding carboxylic acids is 1. The highest BCUT2D eigenvalue weighted by molar-refractivity contribution is 5.88. The SMILES string of the molecule is C=C(C(=O)OCC(C)C)C(O)C1CCCCC1. The van der Waals surface area contributed by atoms with Gasteiger partial charge in [0.25, 0.3) is 0 Å². The molecule has 1 aliphatic carbocycles. The second-order valence-corrected chi connectivity index (χ2v) is 5.36. The van der Waals surface area contributed by atoms with E-state index in [1.165, 1.54) is 6.42 Å². The third-order valence-corrected chi connectivity index (χ3v) is 3.26. The predicted octanol–water partition coefficient (Wildman–Crippen LogP) is 2.68. The highest BCUT2D eigenvalue weighted by atomic mass is 16.5. The van der Waals surface area contributed by atoms with Crippen molar-refractivity contribution in [2.24, 2.45) is 11.8 Å². The Kier molecular flexibility index (Phi) is 5.69. The van der Waals surface area contributed by atoms with E-state index >= 15 is 0 Å². The van der Waals surface area contributed by atoms with Crippen molar-refractivity contribution in [1.29, 1.82) is 0 Å². The lowest BCUT2D eigenvalue weighted by atomic mass is 9.83. The molecule has 1 saturated carbocycles. The van der Waals surface area contributed by atoms with Crippen LogP contribution in [-0.4, -0.2) is 23.8 Å². The third-order valence-electron chi connectivity index (χ3n) is 3.26. The summed E-state index contributed by atoms with van der Waals surface area (Å²) in [6.07, 6.45) is 4.74. The van der Waals surface area contributed by atoms with Crippen LogP contribution in [0.5, 0.6) is 0 Å². The van der Waals surface area contributed by atoms with Gasteiger partial charge in [-0.3, -0.25) is 0 Å². The first-order valence-electron chi connectivity index (χ1n) is 6.56. The molecule has 0 amide bonds. The molecule has 0 aliphatic heterocycles. The number of aliphatic hydroxyl groups is 1. The average Bonchev–Trinajstić information content (AvgIpc) is 2.35. The van der Waals surface area contributed by atoms with Gasteiger partial charge in [0.05, 0.1) is 18.3 Å². The van der Waals surface area contributed by atoms with Crippen LogP contribution in [0.25, 0.3) is 0 Å². The molecule has 3 heteroatoms. The summed E-state index contributed by atoms with van der Waals surface area (Å²) in [5.41, 5.74) is 0.220. The van der Waals surface area contributed by atoms with Crippen LogP contribution in [0.15, 0.2) is 12.2 Å². The molecule has 0 radical (unpaired) electrons. The Balaban J connectivity index is 2.41. The Hall–Kier alpha value is -0.830. The van der Waals surface area contributed by atoms with E-state index in [0.717, 1.165) is 25.7 Å². The van der Waals surface area contributed by atoms with Crippen molar-refractivity contribution in [1.82, 2.24) is 0 Å². The molecule has 1 aliphatic rings. The fraction of sp³-hybridized carbons (Fsp3) is 0.786. The van der Waals surface area contributed by atoms with Gasteiger partial charge in [-0.1, -0.05) is 39.7 Å². The maximum atomic E-state index is 11.6. The second kappa shape index (κ2) is 6.80. The normalized spacial score (nSPS) is 19.1. The Morgan fingerprint density at radius 3 is 2.47 bits per heavy atom. The van der Waals surface area contributed by atoms with E-state index < -0.39 is 12.1 Å². The van der Waals surface area contributed by atoms with Gasteiger partial charge < -0.3 is 9.84 Å². The zero-order valence-corrected chi connectivity index (χ0v) is 10.9. The zero-order valence-electron chi connectivity index (χ0n) is 10.9.